The highest BCUT2D eigenvalue weighted by Crippen LogP contribution is 2.27. The lowest BCUT2D eigenvalue weighted by Crippen LogP contribution is -2.38. The van der Waals surface area contributed by atoms with E-state index in [0.717, 1.165) is 18.5 Å². The number of hydrogen-bond acceptors (Lipinski definition) is 4. The lowest BCUT2D eigenvalue weighted by Gasteiger charge is -2.08. The van der Waals surface area contributed by atoms with Gasteiger partial charge in [0.05, 0.1) is 14.2 Å². The molecule has 0 saturated heterocycles. The number of ether oxygens (including phenoxy) is 2. The van der Waals surface area contributed by atoms with Crippen molar-refractivity contribution in [3.8, 4) is 11.5 Å². The van der Waals surface area contributed by atoms with Crippen molar-refractivity contribution in [3.05, 3.63) is 29.8 Å². The van der Waals surface area contributed by atoms with E-state index < -0.39 is 0 Å². The Kier molecular flexibility index (Phi) is 17.9. The van der Waals surface area contributed by atoms with Crippen LogP contribution in [0.2, 0.25) is 0 Å². The Balaban J connectivity index is 2.01. The topological polar surface area (TPSA) is 59.6 Å². The Morgan fingerprint density at radius 3 is 1.88 bits per heavy atom. The van der Waals surface area contributed by atoms with Crippen molar-refractivity contribution < 1.29 is 14.3 Å². The Morgan fingerprint density at radius 2 is 1.35 bits per heavy atom. The number of carbonyl (C=O) groups excluding carboxylic acids is 1. The van der Waals surface area contributed by atoms with Gasteiger partial charge in [0.25, 0.3) is 0 Å². The molecule has 0 atom stereocenters. The average Bonchev–Trinajstić information content (AvgIpc) is 2.84. The molecule has 1 aromatic carbocycles. The summed E-state index contributed by atoms with van der Waals surface area (Å²) >= 11 is 5.22. The number of thiocarbonyl (C=S) groups is 1. The normalized spacial score (nSPS) is 10.9. The van der Waals surface area contributed by atoms with Gasteiger partial charge in [-0.25, -0.2) is 0 Å². The fourth-order valence-corrected chi connectivity index (χ4v) is 4.05. The van der Waals surface area contributed by atoms with Crippen molar-refractivity contribution in [1.29, 1.82) is 0 Å². The van der Waals surface area contributed by atoms with Gasteiger partial charge in [0.2, 0.25) is 5.91 Å². The summed E-state index contributed by atoms with van der Waals surface area (Å²) in [5.74, 6) is 1.02. The third kappa shape index (κ3) is 14.9. The van der Waals surface area contributed by atoms with E-state index in [4.69, 9.17) is 21.7 Å². The first-order chi connectivity index (χ1) is 16.6. The van der Waals surface area contributed by atoms with E-state index in [1.165, 1.54) is 89.5 Å². The molecular weight excluding hydrogens is 444 g/mol. The number of nitrogens with one attached hydrogen (secondary N) is 2. The van der Waals surface area contributed by atoms with Crippen molar-refractivity contribution in [2.24, 2.45) is 0 Å². The van der Waals surface area contributed by atoms with Gasteiger partial charge in [-0.3, -0.25) is 10.1 Å². The van der Waals surface area contributed by atoms with Crippen molar-refractivity contribution in [1.82, 2.24) is 10.6 Å². The van der Waals surface area contributed by atoms with Crippen LogP contribution in [0.15, 0.2) is 24.3 Å². The summed E-state index contributed by atoms with van der Waals surface area (Å²) in [7, 11) is 3.17. The standard InChI is InChI=1S/C28H46N2O3S/c1-4-5-6-7-8-9-10-11-12-13-14-15-16-17-22-29-28(34)30-27(31)21-19-24-18-20-25(32-2)26(23-24)33-3/h18-21,23H,4-17,22H2,1-3H3,(H2,29,30,31,34). The van der Waals surface area contributed by atoms with Crippen LogP contribution in [0.4, 0.5) is 0 Å². The summed E-state index contributed by atoms with van der Waals surface area (Å²) in [6.45, 7) is 3.06. The molecule has 0 saturated carbocycles. The van der Waals surface area contributed by atoms with Crippen LogP contribution in [0.5, 0.6) is 11.5 Å². The molecule has 0 aromatic heterocycles. The Bertz CT molecular complexity index is 722. The number of hydrogen-bond donors (Lipinski definition) is 2. The van der Waals surface area contributed by atoms with Gasteiger partial charge < -0.3 is 14.8 Å². The van der Waals surface area contributed by atoms with Gasteiger partial charge >= 0.3 is 0 Å². The number of benzene rings is 1. The summed E-state index contributed by atoms with van der Waals surface area (Å²) in [6.07, 6.45) is 22.0. The van der Waals surface area contributed by atoms with E-state index in [1.54, 1.807) is 26.4 Å². The number of carbonyl (C=O) groups is 1. The number of unbranched alkanes of at least 4 members (excludes halogenated alkanes) is 13. The maximum absolute atomic E-state index is 12.1. The minimum absolute atomic E-state index is 0.256. The van der Waals surface area contributed by atoms with Crippen LogP contribution in [0.3, 0.4) is 0 Å². The second-order valence-corrected chi connectivity index (χ2v) is 9.20. The zero-order chi connectivity index (χ0) is 24.9. The molecular formula is C28H46N2O3S. The largest absolute Gasteiger partial charge is 0.493 e. The fraction of sp³-hybridized carbons (Fsp3) is 0.643. The number of rotatable bonds is 19. The summed E-state index contributed by atoms with van der Waals surface area (Å²) in [6, 6.07) is 5.48. The smallest absolute Gasteiger partial charge is 0.250 e. The minimum atomic E-state index is -0.256. The quantitative estimate of drug-likeness (QED) is 0.122. The van der Waals surface area contributed by atoms with Crippen LogP contribution < -0.4 is 20.1 Å². The van der Waals surface area contributed by atoms with Crippen LogP contribution in [0, 0.1) is 0 Å². The highest BCUT2D eigenvalue weighted by atomic mass is 32.1. The maximum Gasteiger partial charge on any atom is 0.250 e. The first-order valence-corrected chi connectivity index (χ1v) is 13.5. The predicted molar refractivity (Wildman–Crippen MR) is 148 cm³/mol. The number of amides is 1. The molecule has 1 rings (SSSR count). The molecule has 0 radical (unpaired) electrons. The molecule has 0 fully saturated rings. The molecule has 0 aliphatic rings. The van der Waals surface area contributed by atoms with Crippen LogP contribution in [0.1, 0.15) is 102 Å². The van der Waals surface area contributed by atoms with E-state index in [1.807, 2.05) is 12.1 Å². The SMILES string of the molecule is CCCCCCCCCCCCCCCCNC(=S)NC(=O)C=Cc1ccc(OC)c(OC)c1. The molecule has 0 aliphatic carbocycles. The average molecular weight is 491 g/mol. The Hall–Kier alpha value is -2.08. The van der Waals surface area contributed by atoms with Gasteiger partial charge in [-0.2, -0.15) is 0 Å². The van der Waals surface area contributed by atoms with Crippen molar-refractivity contribution in [3.63, 3.8) is 0 Å². The van der Waals surface area contributed by atoms with Crippen molar-refractivity contribution in [2.75, 3.05) is 20.8 Å². The third-order valence-corrected chi connectivity index (χ3v) is 6.13. The molecule has 0 aliphatic heterocycles. The van der Waals surface area contributed by atoms with Crippen LogP contribution in [-0.4, -0.2) is 31.8 Å². The molecule has 0 unspecified atom stereocenters. The molecule has 34 heavy (non-hydrogen) atoms. The first-order valence-electron chi connectivity index (χ1n) is 13.1. The van der Waals surface area contributed by atoms with Gasteiger partial charge in [0.1, 0.15) is 0 Å². The van der Waals surface area contributed by atoms with E-state index in [9.17, 15) is 4.79 Å². The van der Waals surface area contributed by atoms with Crippen LogP contribution >= 0.6 is 12.2 Å². The predicted octanol–water partition coefficient (Wildman–Crippen LogP) is 7.19. The maximum atomic E-state index is 12.1. The summed E-state index contributed by atoms with van der Waals surface area (Å²) in [4.78, 5) is 12.1. The van der Waals surface area contributed by atoms with Gasteiger partial charge in [0, 0.05) is 12.6 Å². The zero-order valence-corrected chi connectivity index (χ0v) is 22.4. The Labute approximate surface area is 213 Å². The van der Waals surface area contributed by atoms with E-state index in [-0.39, 0.29) is 5.91 Å². The van der Waals surface area contributed by atoms with Gasteiger partial charge in [-0.1, -0.05) is 96.5 Å². The third-order valence-electron chi connectivity index (χ3n) is 5.89. The summed E-state index contributed by atoms with van der Waals surface area (Å²) < 4.78 is 10.5. The zero-order valence-electron chi connectivity index (χ0n) is 21.6. The van der Waals surface area contributed by atoms with E-state index in [2.05, 4.69) is 17.6 Å². The minimum Gasteiger partial charge on any atom is -0.493 e. The first kappa shape index (κ1) is 30.0. The lowest BCUT2D eigenvalue weighted by atomic mass is 10.0. The van der Waals surface area contributed by atoms with E-state index >= 15 is 0 Å². The lowest BCUT2D eigenvalue weighted by molar-refractivity contribution is -0.115. The van der Waals surface area contributed by atoms with Crippen molar-refractivity contribution in [2.45, 2.75) is 96.8 Å². The van der Waals surface area contributed by atoms with Gasteiger partial charge in [-0.15, -0.1) is 0 Å². The number of methoxy groups -OCH3 is 2. The highest BCUT2D eigenvalue weighted by molar-refractivity contribution is 7.80. The Morgan fingerprint density at radius 1 is 0.824 bits per heavy atom. The van der Waals surface area contributed by atoms with Crippen molar-refractivity contribution >= 4 is 29.3 Å². The molecule has 0 bridgehead atoms. The molecule has 1 aromatic rings. The molecule has 1 amide bonds. The summed E-state index contributed by atoms with van der Waals surface area (Å²) in [5.41, 5.74) is 0.842. The fourth-order valence-electron chi connectivity index (χ4n) is 3.85. The van der Waals surface area contributed by atoms with Crippen LogP contribution in [-0.2, 0) is 4.79 Å². The van der Waals surface area contributed by atoms with Gasteiger partial charge in [-0.05, 0) is 42.4 Å². The molecule has 6 heteroatoms. The second kappa shape index (κ2) is 20.3. The summed E-state index contributed by atoms with van der Waals surface area (Å²) in [5, 5.41) is 6.18. The second-order valence-electron chi connectivity index (χ2n) is 8.79. The van der Waals surface area contributed by atoms with Crippen LogP contribution in [0.25, 0.3) is 6.08 Å². The van der Waals surface area contributed by atoms with E-state index in [0.29, 0.717) is 16.6 Å². The van der Waals surface area contributed by atoms with Gasteiger partial charge in [0.15, 0.2) is 16.6 Å². The highest BCUT2D eigenvalue weighted by Gasteiger charge is 2.04. The molecule has 5 nitrogen and oxygen atoms in total. The molecule has 0 spiro atoms. The molecule has 0 heterocycles. The monoisotopic (exact) mass is 490 g/mol. The molecule has 192 valence electrons. The molecule has 2 N–H and O–H groups in total.